The Morgan fingerprint density at radius 2 is 1.60 bits per heavy atom. The first-order valence-electron chi connectivity index (χ1n) is 5.13. The van der Waals surface area contributed by atoms with E-state index in [4.69, 9.17) is 0 Å². The predicted molar refractivity (Wildman–Crippen MR) is 65.8 cm³/mol. The molecule has 0 spiro atoms. The van der Waals surface area contributed by atoms with Gasteiger partial charge >= 0.3 is 0 Å². The van der Waals surface area contributed by atoms with Gasteiger partial charge in [-0.3, -0.25) is 4.79 Å². The molecule has 0 N–H and O–H groups in total. The molecule has 0 atom stereocenters. The van der Waals surface area contributed by atoms with Crippen molar-refractivity contribution in [1.29, 1.82) is 0 Å². The van der Waals surface area contributed by atoms with Crippen LogP contribution in [0.4, 0.5) is 0 Å². The summed E-state index contributed by atoms with van der Waals surface area (Å²) < 4.78 is 0. The molecule has 1 aromatic rings. The van der Waals surface area contributed by atoms with Crippen molar-refractivity contribution in [3.05, 3.63) is 26.3 Å². The highest BCUT2D eigenvalue weighted by atomic mass is 32.1. The second-order valence-electron chi connectivity index (χ2n) is 5.86. The zero-order valence-corrected chi connectivity index (χ0v) is 11.2. The van der Waals surface area contributed by atoms with Crippen LogP contribution in [0.2, 0.25) is 0 Å². The van der Waals surface area contributed by atoms with Crippen LogP contribution in [0, 0.1) is 0 Å². The largest absolute Gasteiger partial charge is 0.275 e. The molecule has 0 saturated carbocycles. The molecule has 0 bridgehead atoms. The molecule has 0 saturated heterocycles. The van der Waals surface area contributed by atoms with E-state index in [0.29, 0.717) is 0 Å². The molecular formula is C12H19NOS. The number of nitrogens with zero attached hydrogens (tertiary/aromatic N) is 1. The summed E-state index contributed by atoms with van der Waals surface area (Å²) in [7, 11) is 0. The van der Waals surface area contributed by atoms with Crippen molar-refractivity contribution in [3.8, 4) is 0 Å². The molecule has 0 amide bonds. The van der Waals surface area contributed by atoms with E-state index >= 15 is 0 Å². The van der Waals surface area contributed by atoms with Gasteiger partial charge in [-0.1, -0.05) is 41.5 Å². The van der Waals surface area contributed by atoms with Crippen molar-refractivity contribution >= 4 is 11.3 Å². The fourth-order valence-electron chi connectivity index (χ4n) is 1.56. The maximum absolute atomic E-state index is 11.8. The first kappa shape index (κ1) is 12.4. The van der Waals surface area contributed by atoms with E-state index in [0.717, 1.165) is 10.4 Å². The average Bonchev–Trinajstić information content (AvgIpc) is 1.99. The Hall–Kier alpha value is -0.700. The lowest BCUT2D eigenvalue weighted by Crippen LogP contribution is -2.29. The van der Waals surface area contributed by atoms with E-state index in [9.17, 15) is 4.79 Å². The van der Waals surface area contributed by atoms with Crippen LogP contribution in [0.15, 0.2) is 10.3 Å². The van der Waals surface area contributed by atoms with Crippen LogP contribution in [0.3, 0.4) is 0 Å². The van der Waals surface area contributed by atoms with Crippen LogP contribution in [0.1, 0.15) is 52.0 Å². The highest BCUT2D eigenvalue weighted by Crippen LogP contribution is 2.33. The van der Waals surface area contributed by atoms with E-state index < -0.39 is 0 Å². The highest BCUT2D eigenvalue weighted by Gasteiger charge is 2.28. The normalized spacial score (nSPS) is 12.9. The standard InChI is InChI=1S/C12H19NOS/c1-11(2,3)8-9(12(4,5)6)15-7-13-10(8)14/h7H,1-6H3. The van der Waals surface area contributed by atoms with Crippen molar-refractivity contribution < 1.29 is 0 Å². The Kier molecular flexibility index (Phi) is 3.06. The molecule has 2 nitrogen and oxygen atoms in total. The summed E-state index contributed by atoms with van der Waals surface area (Å²) in [6, 6.07) is 0. The molecule has 3 heteroatoms. The van der Waals surface area contributed by atoms with E-state index in [-0.39, 0.29) is 16.4 Å². The van der Waals surface area contributed by atoms with Crippen LogP contribution in [-0.2, 0) is 10.8 Å². The van der Waals surface area contributed by atoms with E-state index in [1.165, 1.54) is 0 Å². The van der Waals surface area contributed by atoms with Gasteiger partial charge in [-0.25, -0.2) is 4.98 Å². The molecule has 1 aromatic heterocycles. The molecule has 0 fully saturated rings. The van der Waals surface area contributed by atoms with Crippen LogP contribution in [-0.4, -0.2) is 4.98 Å². The monoisotopic (exact) mass is 225 g/mol. The van der Waals surface area contributed by atoms with Gasteiger partial charge in [-0.2, -0.15) is 0 Å². The van der Waals surface area contributed by atoms with Crippen LogP contribution in [0.25, 0.3) is 0 Å². The lowest BCUT2D eigenvalue weighted by Gasteiger charge is -2.27. The molecule has 1 heterocycles. The maximum Gasteiger partial charge on any atom is 0.275 e. The minimum absolute atomic E-state index is 0.00931. The zero-order chi connectivity index (χ0) is 11.9. The Morgan fingerprint density at radius 1 is 1.07 bits per heavy atom. The van der Waals surface area contributed by atoms with Gasteiger partial charge in [0, 0.05) is 10.4 Å². The van der Waals surface area contributed by atoms with E-state index in [1.807, 2.05) is 0 Å². The Morgan fingerprint density at radius 3 is 1.93 bits per heavy atom. The molecule has 0 unspecified atom stereocenters. The molecule has 15 heavy (non-hydrogen) atoms. The summed E-state index contributed by atoms with van der Waals surface area (Å²) in [5.41, 5.74) is 2.31. The Bertz CT molecular complexity index is 407. The summed E-state index contributed by atoms with van der Waals surface area (Å²) >= 11 is 1.58. The van der Waals surface area contributed by atoms with Gasteiger partial charge in [0.05, 0.1) is 5.51 Å². The fraction of sp³-hybridized carbons (Fsp3) is 0.667. The molecule has 0 aromatic carbocycles. The van der Waals surface area contributed by atoms with Crippen molar-refractivity contribution in [2.45, 2.75) is 52.4 Å². The van der Waals surface area contributed by atoms with Crippen molar-refractivity contribution in [3.63, 3.8) is 0 Å². The topological polar surface area (TPSA) is 30.0 Å². The molecule has 0 aliphatic rings. The van der Waals surface area contributed by atoms with Crippen LogP contribution in [0.5, 0.6) is 0 Å². The first-order chi connectivity index (χ1) is 6.64. The minimum Gasteiger partial charge on any atom is -0.267 e. The third-order valence-corrected chi connectivity index (χ3v) is 3.48. The van der Waals surface area contributed by atoms with Crippen molar-refractivity contribution in [2.24, 2.45) is 0 Å². The van der Waals surface area contributed by atoms with Gasteiger partial charge in [-0.15, -0.1) is 11.3 Å². The molecule has 84 valence electrons. The van der Waals surface area contributed by atoms with Crippen LogP contribution >= 0.6 is 11.3 Å². The second-order valence-corrected chi connectivity index (χ2v) is 6.72. The van der Waals surface area contributed by atoms with Crippen LogP contribution < -0.4 is 5.56 Å². The minimum atomic E-state index is -0.134. The maximum atomic E-state index is 11.8. The number of aromatic nitrogens is 1. The zero-order valence-electron chi connectivity index (χ0n) is 10.3. The summed E-state index contributed by atoms with van der Waals surface area (Å²) in [6.45, 7) is 12.6. The fourth-order valence-corrected chi connectivity index (χ4v) is 2.68. The predicted octanol–water partition coefficient (Wildman–Crippen LogP) is 3.10. The SMILES string of the molecule is CC(C)(C)c1scnc(=O)c1C(C)(C)C. The third kappa shape index (κ3) is 2.65. The average molecular weight is 225 g/mol. The second kappa shape index (κ2) is 3.71. The lowest BCUT2D eigenvalue weighted by molar-refractivity contribution is 0.533. The summed E-state index contributed by atoms with van der Waals surface area (Å²) in [5.74, 6) is 0. The van der Waals surface area contributed by atoms with Gasteiger partial charge in [-0.05, 0) is 10.8 Å². The summed E-state index contributed by atoms with van der Waals surface area (Å²) in [5, 5.41) is 0. The number of hydrogen-bond acceptors (Lipinski definition) is 3. The summed E-state index contributed by atoms with van der Waals surface area (Å²) in [6.07, 6.45) is 0. The van der Waals surface area contributed by atoms with Gasteiger partial charge in [0.25, 0.3) is 5.56 Å². The number of hydrogen-bond donors (Lipinski definition) is 0. The van der Waals surface area contributed by atoms with Gasteiger partial charge in [0.2, 0.25) is 0 Å². The molecule has 1 rings (SSSR count). The third-order valence-electron chi connectivity index (χ3n) is 2.21. The molecule has 0 aliphatic carbocycles. The van der Waals surface area contributed by atoms with Gasteiger partial charge < -0.3 is 0 Å². The van der Waals surface area contributed by atoms with Crippen molar-refractivity contribution in [2.75, 3.05) is 0 Å². The Labute approximate surface area is 95.4 Å². The number of rotatable bonds is 0. The molecule has 0 aliphatic heterocycles. The molecular weight excluding hydrogens is 206 g/mol. The van der Waals surface area contributed by atoms with Gasteiger partial charge in [0.15, 0.2) is 0 Å². The summed E-state index contributed by atoms with van der Waals surface area (Å²) in [4.78, 5) is 16.9. The van der Waals surface area contributed by atoms with E-state index in [2.05, 4.69) is 46.5 Å². The quantitative estimate of drug-likeness (QED) is 0.679. The lowest BCUT2D eigenvalue weighted by atomic mass is 9.81. The smallest absolute Gasteiger partial charge is 0.267 e. The highest BCUT2D eigenvalue weighted by molar-refractivity contribution is 7.09. The first-order valence-corrected chi connectivity index (χ1v) is 6.01. The Balaban J connectivity index is 3.55. The van der Waals surface area contributed by atoms with E-state index in [1.54, 1.807) is 16.8 Å². The van der Waals surface area contributed by atoms with Gasteiger partial charge in [0.1, 0.15) is 0 Å². The molecule has 0 radical (unpaired) electrons. The van der Waals surface area contributed by atoms with Crippen molar-refractivity contribution in [1.82, 2.24) is 4.98 Å².